The van der Waals surface area contributed by atoms with Gasteiger partial charge in [0, 0.05) is 37.4 Å². The van der Waals surface area contributed by atoms with Crippen molar-refractivity contribution in [1.29, 1.82) is 0 Å². The van der Waals surface area contributed by atoms with Crippen LogP contribution in [-0.2, 0) is 6.18 Å². The number of carbonyl (C=O) groups excluding carboxylic acids is 1. The number of rotatable bonds is 5. The van der Waals surface area contributed by atoms with Crippen molar-refractivity contribution in [2.45, 2.75) is 37.6 Å². The minimum Gasteiger partial charge on any atom is -0.435 e. The predicted octanol–water partition coefficient (Wildman–Crippen LogP) is 4.63. The fraction of sp³-hybridized carbons (Fsp3) is 0.444. The fourth-order valence-corrected chi connectivity index (χ4v) is 3.46. The van der Waals surface area contributed by atoms with Crippen molar-refractivity contribution in [3.05, 3.63) is 34.5 Å². The summed E-state index contributed by atoms with van der Waals surface area (Å²) >= 11 is 5.98. The topological polar surface area (TPSA) is 63.2 Å². The lowest BCUT2D eigenvalue weighted by atomic mass is 10.0. The molecule has 0 unspecified atom stereocenters. The summed E-state index contributed by atoms with van der Waals surface area (Å²) in [6.07, 6.45) is -5.86. The van der Waals surface area contributed by atoms with Gasteiger partial charge in [-0.2, -0.15) is 22.0 Å². The molecule has 1 aromatic carbocycles. The molecule has 2 heterocycles. The second kappa shape index (κ2) is 8.65. The molecular weight excluding hydrogens is 459 g/mol. The minimum absolute atomic E-state index is 0.0472. The quantitative estimate of drug-likeness (QED) is 0.622. The minimum atomic E-state index is -5.01. The van der Waals surface area contributed by atoms with Crippen molar-refractivity contribution in [2.75, 3.05) is 13.1 Å². The molecule has 31 heavy (non-hydrogen) atoms. The highest BCUT2D eigenvalue weighted by molar-refractivity contribution is 6.35. The molecule has 2 N–H and O–H groups in total. The smallest absolute Gasteiger partial charge is 0.418 e. The number of ether oxygens (including phenoxy) is 1. The zero-order valence-electron chi connectivity index (χ0n) is 15.5. The second-order valence-electron chi connectivity index (χ2n) is 6.90. The van der Waals surface area contributed by atoms with E-state index in [4.69, 9.17) is 11.6 Å². The van der Waals surface area contributed by atoms with E-state index in [0.29, 0.717) is 6.07 Å². The Morgan fingerprint density at radius 3 is 2.65 bits per heavy atom. The predicted molar refractivity (Wildman–Crippen MR) is 96.7 cm³/mol. The average molecular weight is 474 g/mol. The van der Waals surface area contributed by atoms with Gasteiger partial charge in [0.2, 0.25) is 0 Å². The van der Waals surface area contributed by atoms with Gasteiger partial charge in [-0.25, -0.2) is 13.8 Å². The summed E-state index contributed by atoms with van der Waals surface area (Å²) in [5.74, 6) is -4.59. The van der Waals surface area contributed by atoms with E-state index in [1.54, 1.807) is 0 Å². The molecule has 1 amide bonds. The first-order valence-electron chi connectivity index (χ1n) is 8.91. The van der Waals surface area contributed by atoms with Crippen LogP contribution in [0.5, 0.6) is 5.75 Å². The number of alkyl halides is 7. The summed E-state index contributed by atoms with van der Waals surface area (Å²) in [5, 5.41) is 4.43. The Hall–Kier alpha value is -2.34. The molecule has 0 spiro atoms. The van der Waals surface area contributed by atoms with Crippen molar-refractivity contribution < 1.29 is 40.3 Å². The lowest BCUT2D eigenvalue weighted by Crippen LogP contribution is -2.49. The van der Waals surface area contributed by atoms with E-state index in [1.807, 2.05) is 0 Å². The number of pyridine rings is 1. The van der Waals surface area contributed by atoms with Gasteiger partial charge in [-0.15, -0.1) is 0 Å². The third-order valence-electron chi connectivity index (χ3n) is 4.58. The molecule has 0 saturated carbocycles. The molecule has 1 saturated heterocycles. The summed E-state index contributed by atoms with van der Waals surface area (Å²) in [6.45, 7) is -3.53. The molecule has 0 radical (unpaired) electrons. The van der Waals surface area contributed by atoms with Crippen molar-refractivity contribution in [1.82, 2.24) is 15.6 Å². The van der Waals surface area contributed by atoms with E-state index < -0.39 is 59.6 Å². The number of aromatic nitrogens is 1. The van der Waals surface area contributed by atoms with Crippen LogP contribution in [0.3, 0.4) is 0 Å². The van der Waals surface area contributed by atoms with E-state index in [0.717, 1.165) is 12.1 Å². The molecule has 3 rings (SSSR count). The van der Waals surface area contributed by atoms with E-state index in [-0.39, 0.29) is 29.9 Å². The number of carbonyl (C=O) groups is 1. The van der Waals surface area contributed by atoms with Gasteiger partial charge in [0.05, 0.1) is 16.1 Å². The second-order valence-corrected chi connectivity index (χ2v) is 7.31. The first kappa shape index (κ1) is 23.3. The van der Waals surface area contributed by atoms with E-state index >= 15 is 0 Å². The SMILES string of the molecule is O=C(NC[C@@H]1CC(F)(F)CCN1)c1cc(Cl)c2cc(OC(F)F)cc(C(F)(F)F)c2n1. The maximum atomic E-state index is 13.5. The molecule has 1 fully saturated rings. The van der Waals surface area contributed by atoms with Crippen LogP contribution >= 0.6 is 11.6 Å². The zero-order chi connectivity index (χ0) is 23.0. The number of nitrogens with one attached hydrogen (secondary N) is 2. The van der Waals surface area contributed by atoms with Crippen LogP contribution in [0, 0.1) is 0 Å². The molecule has 0 aliphatic carbocycles. The van der Waals surface area contributed by atoms with Gasteiger partial charge in [0.15, 0.2) is 0 Å². The Bertz CT molecular complexity index is 985. The fourth-order valence-electron chi connectivity index (χ4n) is 3.21. The van der Waals surface area contributed by atoms with Crippen LogP contribution in [0.1, 0.15) is 28.9 Å². The molecule has 1 aliphatic rings. The number of halogens is 8. The zero-order valence-corrected chi connectivity index (χ0v) is 16.3. The van der Waals surface area contributed by atoms with Crippen LogP contribution < -0.4 is 15.4 Å². The number of hydrogen-bond donors (Lipinski definition) is 2. The van der Waals surface area contributed by atoms with Crippen molar-refractivity contribution in [2.24, 2.45) is 0 Å². The highest BCUT2D eigenvalue weighted by Crippen LogP contribution is 2.39. The van der Waals surface area contributed by atoms with Crippen LogP contribution in [0.4, 0.5) is 30.7 Å². The molecule has 1 aromatic heterocycles. The summed E-state index contributed by atoms with van der Waals surface area (Å²) < 4.78 is 96.2. The number of hydrogen-bond acceptors (Lipinski definition) is 4. The van der Waals surface area contributed by atoms with E-state index in [9.17, 15) is 35.5 Å². The molecule has 170 valence electrons. The third-order valence-corrected chi connectivity index (χ3v) is 4.89. The van der Waals surface area contributed by atoms with Crippen molar-refractivity contribution in [3.8, 4) is 5.75 Å². The highest BCUT2D eigenvalue weighted by atomic mass is 35.5. The standard InChI is InChI=1S/C18H15ClF7N3O2/c19-12-5-13(15(30)28-7-8-6-17(22,23)1-2-27-8)29-14-10(12)3-9(31-16(20)21)4-11(14)18(24,25)26/h3-5,8,16,27H,1-2,6-7H2,(H,28,30)/t8-/m0/s1. The summed E-state index contributed by atoms with van der Waals surface area (Å²) in [5.41, 5.74) is -2.66. The molecule has 1 aliphatic heterocycles. The maximum Gasteiger partial charge on any atom is 0.418 e. The van der Waals surface area contributed by atoms with Gasteiger partial charge in [0.25, 0.3) is 11.8 Å². The first-order chi connectivity index (χ1) is 14.4. The number of benzene rings is 1. The average Bonchev–Trinajstić information content (AvgIpc) is 2.64. The largest absolute Gasteiger partial charge is 0.435 e. The van der Waals surface area contributed by atoms with Crippen molar-refractivity contribution >= 4 is 28.4 Å². The van der Waals surface area contributed by atoms with Crippen LogP contribution in [0.15, 0.2) is 18.2 Å². The molecule has 0 bridgehead atoms. The van der Waals surface area contributed by atoms with Gasteiger partial charge in [-0.1, -0.05) is 11.6 Å². The van der Waals surface area contributed by atoms with E-state index in [2.05, 4.69) is 20.4 Å². The Morgan fingerprint density at radius 2 is 2.03 bits per heavy atom. The van der Waals surface area contributed by atoms with Crippen LogP contribution in [-0.4, -0.2) is 42.6 Å². The Kier molecular flexibility index (Phi) is 6.51. The Balaban J connectivity index is 1.90. The van der Waals surface area contributed by atoms with Crippen LogP contribution in [0.2, 0.25) is 5.02 Å². The molecule has 13 heteroatoms. The number of fused-ring (bicyclic) bond motifs is 1. The Labute approximate surface area is 175 Å². The van der Waals surface area contributed by atoms with Gasteiger partial charge in [-0.3, -0.25) is 4.79 Å². The monoisotopic (exact) mass is 473 g/mol. The number of amides is 1. The maximum absolute atomic E-state index is 13.5. The number of piperidine rings is 1. The summed E-state index contributed by atoms with van der Waals surface area (Å²) in [7, 11) is 0. The van der Waals surface area contributed by atoms with Gasteiger partial charge < -0.3 is 15.4 Å². The lowest BCUT2D eigenvalue weighted by Gasteiger charge is -2.30. The number of nitrogens with zero attached hydrogens (tertiary/aromatic N) is 1. The summed E-state index contributed by atoms with van der Waals surface area (Å²) in [6, 6.07) is 1.40. The van der Waals surface area contributed by atoms with Gasteiger partial charge >= 0.3 is 12.8 Å². The molecular formula is C18H15ClF7N3O2. The molecule has 2 aromatic rings. The molecule has 5 nitrogen and oxygen atoms in total. The van der Waals surface area contributed by atoms with Crippen molar-refractivity contribution in [3.63, 3.8) is 0 Å². The normalized spacial score (nSPS) is 18.9. The van der Waals surface area contributed by atoms with Gasteiger partial charge in [-0.05, 0) is 18.2 Å². The first-order valence-corrected chi connectivity index (χ1v) is 9.29. The van der Waals surface area contributed by atoms with Gasteiger partial charge in [0.1, 0.15) is 11.4 Å². The lowest BCUT2D eigenvalue weighted by molar-refractivity contribution is -0.136. The Morgan fingerprint density at radius 1 is 1.32 bits per heavy atom. The van der Waals surface area contributed by atoms with E-state index in [1.165, 1.54) is 0 Å². The highest BCUT2D eigenvalue weighted by Gasteiger charge is 2.37. The summed E-state index contributed by atoms with van der Waals surface area (Å²) in [4.78, 5) is 16.1. The molecule has 1 atom stereocenters. The van der Waals surface area contributed by atoms with Crippen LogP contribution in [0.25, 0.3) is 10.9 Å². The third kappa shape index (κ3) is 5.67.